The van der Waals surface area contributed by atoms with Gasteiger partial charge in [-0.2, -0.15) is 0 Å². The molecule has 0 bridgehead atoms. The first-order valence-electron chi connectivity index (χ1n) is 8.66. The van der Waals surface area contributed by atoms with Gasteiger partial charge in [-0.15, -0.1) is 0 Å². The molecule has 4 rings (SSSR count). The Kier molecular flexibility index (Phi) is 4.83. The Morgan fingerprint density at radius 2 is 1.68 bits per heavy atom. The lowest BCUT2D eigenvalue weighted by Gasteiger charge is -2.35. The molecule has 1 saturated heterocycles. The quantitative estimate of drug-likeness (QED) is 0.748. The highest BCUT2D eigenvalue weighted by atomic mass is 19.1. The van der Waals surface area contributed by atoms with Crippen molar-refractivity contribution in [1.82, 2.24) is 24.4 Å². The van der Waals surface area contributed by atoms with Crippen molar-refractivity contribution in [3.63, 3.8) is 0 Å². The van der Waals surface area contributed by atoms with Crippen molar-refractivity contribution in [2.45, 2.75) is 0 Å². The average Bonchev–Trinajstić information content (AvgIpc) is 3.22. The van der Waals surface area contributed by atoms with Gasteiger partial charge < -0.3 is 15.1 Å². The zero-order valence-corrected chi connectivity index (χ0v) is 14.8. The minimum Gasteiger partial charge on any atom is -0.353 e. The summed E-state index contributed by atoms with van der Waals surface area (Å²) in [4.78, 5) is 28.5. The topological polar surface area (TPSA) is 79.2 Å². The summed E-state index contributed by atoms with van der Waals surface area (Å²) in [6, 6.07) is 4.37. The number of rotatable bonds is 3. The molecule has 0 aliphatic carbocycles. The van der Waals surface area contributed by atoms with E-state index in [1.807, 2.05) is 11.0 Å². The Hall–Kier alpha value is -3.56. The predicted molar refractivity (Wildman–Crippen MR) is 98.3 cm³/mol. The van der Waals surface area contributed by atoms with Gasteiger partial charge in [-0.1, -0.05) is 0 Å². The Balaban J connectivity index is 1.38. The highest BCUT2D eigenvalue weighted by molar-refractivity contribution is 5.89. The van der Waals surface area contributed by atoms with Crippen LogP contribution >= 0.6 is 0 Å². The molecule has 1 N–H and O–H groups in total. The largest absolute Gasteiger partial charge is 0.353 e. The molecule has 0 saturated carbocycles. The average molecular weight is 385 g/mol. The Labute approximate surface area is 159 Å². The van der Waals surface area contributed by atoms with Crippen LogP contribution in [0, 0.1) is 11.6 Å². The molecular weight excluding hydrogens is 368 g/mol. The smallest absolute Gasteiger partial charge is 0.321 e. The summed E-state index contributed by atoms with van der Waals surface area (Å²) in [6.07, 6.45) is 6.61. The molecule has 0 spiro atoms. The van der Waals surface area contributed by atoms with E-state index in [9.17, 15) is 13.6 Å². The van der Waals surface area contributed by atoms with Gasteiger partial charge in [0, 0.05) is 56.4 Å². The fourth-order valence-corrected chi connectivity index (χ4v) is 3.01. The van der Waals surface area contributed by atoms with Gasteiger partial charge in [0.2, 0.25) is 0 Å². The molecule has 2 amide bonds. The minimum atomic E-state index is -0.738. The highest BCUT2D eigenvalue weighted by Crippen LogP contribution is 2.17. The molecule has 144 valence electrons. The molecule has 8 nitrogen and oxygen atoms in total. The standard InChI is InChI=1S/C18H17F2N7O/c19-13-7-14(20)9-15(8-13)24-18(28)26-5-3-25(4-6-26)16-10-17(23-11-22-16)27-2-1-21-12-27/h1-2,7-12H,3-6H2,(H,24,28). The van der Waals surface area contributed by atoms with E-state index in [1.165, 1.54) is 6.33 Å². The number of aromatic nitrogens is 4. The fourth-order valence-electron chi connectivity index (χ4n) is 3.01. The van der Waals surface area contributed by atoms with Gasteiger partial charge in [0.25, 0.3) is 0 Å². The summed E-state index contributed by atoms with van der Waals surface area (Å²) in [5, 5.41) is 2.53. The maximum absolute atomic E-state index is 13.3. The molecular formula is C18H17F2N7O. The summed E-state index contributed by atoms with van der Waals surface area (Å²) in [5.74, 6) is -0.0167. The number of nitrogens with one attached hydrogen (secondary N) is 1. The second-order valence-electron chi connectivity index (χ2n) is 6.27. The van der Waals surface area contributed by atoms with Crippen LogP contribution in [-0.4, -0.2) is 56.6 Å². The number of nitrogens with zero attached hydrogens (tertiary/aromatic N) is 6. The molecule has 1 aromatic carbocycles. The van der Waals surface area contributed by atoms with Gasteiger partial charge >= 0.3 is 6.03 Å². The minimum absolute atomic E-state index is 0.0886. The Morgan fingerprint density at radius 3 is 2.36 bits per heavy atom. The predicted octanol–water partition coefficient (Wildman–Crippen LogP) is 2.29. The van der Waals surface area contributed by atoms with E-state index in [0.29, 0.717) is 32.0 Å². The van der Waals surface area contributed by atoms with Crippen LogP contribution in [0.4, 0.5) is 25.1 Å². The molecule has 0 atom stereocenters. The van der Waals surface area contributed by atoms with Crippen LogP contribution in [0.1, 0.15) is 0 Å². The summed E-state index contributed by atoms with van der Waals surface area (Å²) >= 11 is 0. The van der Waals surface area contributed by atoms with Crippen LogP contribution in [0.15, 0.2) is 49.3 Å². The Bertz CT molecular complexity index is 952. The van der Waals surface area contributed by atoms with Crippen LogP contribution in [0.25, 0.3) is 5.82 Å². The number of carbonyl (C=O) groups excluding carboxylic acids is 1. The zero-order valence-electron chi connectivity index (χ0n) is 14.8. The van der Waals surface area contributed by atoms with Crippen molar-refractivity contribution in [1.29, 1.82) is 0 Å². The highest BCUT2D eigenvalue weighted by Gasteiger charge is 2.22. The lowest BCUT2D eigenvalue weighted by Crippen LogP contribution is -2.50. The Morgan fingerprint density at radius 1 is 0.964 bits per heavy atom. The third-order valence-corrected chi connectivity index (χ3v) is 4.41. The van der Waals surface area contributed by atoms with Crippen LogP contribution in [0.5, 0.6) is 0 Å². The third-order valence-electron chi connectivity index (χ3n) is 4.41. The molecule has 1 aliphatic rings. The van der Waals surface area contributed by atoms with Gasteiger partial charge in [-0.25, -0.2) is 28.5 Å². The van der Waals surface area contributed by atoms with Crippen molar-refractivity contribution in [3.8, 4) is 5.82 Å². The van der Waals surface area contributed by atoms with E-state index >= 15 is 0 Å². The van der Waals surface area contributed by atoms with Crippen molar-refractivity contribution >= 4 is 17.5 Å². The molecule has 2 aromatic heterocycles. The van der Waals surface area contributed by atoms with E-state index < -0.39 is 17.7 Å². The molecule has 0 unspecified atom stereocenters. The van der Waals surface area contributed by atoms with Crippen molar-refractivity contribution in [2.24, 2.45) is 0 Å². The summed E-state index contributed by atoms with van der Waals surface area (Å²) in [6.45, 7) is 2.05. The normalized spacial score (nSPS) is 14.2. The zero-order chi connectivity index (χ0) is 19.5. The van der Waals surface area contributed by atoms with Gasteiger partial charge in [0.15, 0.2) is 0 Å². The first-order valence-corrected chi connectivity index (χ1v) is 8.66. The van der Waals surface area contributed by atoms with Gasteiger partial charge in [0.05, 0.1) is 0 Å². The SMILES string of the molecule is O=C(Nc1cc(F)cc(F)c1)N1CCN(c2cc(-n3ccnc3)ncn2)CC1. The fraction of sp³-hybridized carbons (Fsp3) is 0.222. The molecule has 28 heavy (non-hydrogen) atoms. The summed E-state index contributed by atoms with van der Waals surface area (Å²) in [7, 11) is 0. The number of benzene rings is 1. The van der Waals surface area contributed by atoms with E-state index in [1.54, 1.807) is 28.2 Å². The number of piperazine rings is 1. The van der Waals surface area contributed by atoms with Gasteiger partial charge in [-0.3, -0.25) is 4.57 Å². The molecule has 1 fully saturated rings. The molecule has 3 heterocycles. The van der Waals surface area contributed by atoms with Crippen LogP contribution in [0.3, 0.4) is 0 Å². The number of carbonyl (C=O) groups is 1. The number of imidazole rings is 1. The number of halogens is 2. The molecule has 1 aliphatic heterocycles. The maximum Gasteiger partial charge on any atom is 0.321 e. The summed E-state index contributed by atoms with van der Waals surface area (Å²) < 4.78 is 28.3. The van der Waals surface area contributed by atoms with Crippen molar-refractivity contribution in [3.05, 3.63) is 60.9 Å². The lowest BCUT2D eigenvalue weighted by molar-refractivity contribution is 0.208. The van der Waals surface area contributed by atoms with Crippen molar-refractivity contribution in [2.75, 3.05) is 36.4 Å². The second kappa shape index (κ2) is 7.59. The summed E-state index contributed by atoms with van der Waals surface area (Å²) in [5.41, 5.74) is 0.0886. The third kappa shape index (κ3) is 3.90. The van der Waals surface area contributed by atoms with E-state index in [-0.39, 0.29) is 5.69 Å². The van der Waals surface area contributed by atoms with E-state index in [4.69, 9.17) is 0 Å². The number of amides is 2. The first-order chi connectivity index (χ1) is 13.6. The van der Waals surface area contributed by atoms with E-state index in [2.05, 4.69) is 20.3 Å². The van der Waals surface area contributed by atoms with E-state index in [0.717, 1.165) is 24.0 Å². The maximum atomic E-state index is 13.3. The number of urea groups is 1. The molecule has 0 radical (unpaired) electrons. The van der Waals surface area contributed by atoms with Gasteiger partial charge in [0.1, 0.15) is 35.9 Å². The van der Waals surface area contributed by atoms with Crippen molar-refractivity contribution < 1.29 is 13.6 Å². The van der Waals surface area contributed by atoms with Crippen LogP contribution < -0.4 is 10.2 Å². The van der Waals surface area contributed by atoms with Crippen LogP contribution in [0.2, 0.25) is 0 Å². The van der Waals surface area contributed by atoms with Crippen LogP contribution in [-0.2, 0) is 0 Å². The molecule has 3 aromatic rings. The number of hydrogen-bond acceptors (Lipinski definition) is 5. The van der Waals surface area contributed by atoms with Gasteiger partial charge in [-0.05, 0) is 12.1 Å². The number of hydrogen-bond donors (Lipinski definition) is 1. The monoisotopic (exact) mass is 385 g/mol. The number of anilines is 2. The second-order valence-corrected chi connectivity index (χ2v) is 6.27. The lowest BCUT2D eigenvalue weighted by atomic mass is 10.3. The molecule has 10 heteroatoms. The first kappa shape index (κ1) is 17.8.